The molecule has 0 radical (unpaired) electrons. The first-order valence-electron chi connectivity index (χ1n) is 6.91. The minimum Gasteiger partial charge on any atom is -0.388 e. The highest BCUT2D eigenvalue weighted by atomic mass is 79.9. The fourth-order valence-corrected chi connectivity index (χ4v) is 3.18. The van der Waals surface area contributed by atoms with E-state index in [1.54, 1.807) is 25.4 Å². The van der Waals surface area contributed by atoms with Gasteiger partial charge in [-0.05, 0) is 54.2 Å². The van der Waals surface area contributed by atoms with E-state index in [-0.39, 0.29) is 11.9 Å². The van der Waals surface area contributed by atoms with Crippen LogP contribution < -0.4 is 5.32 Å². The van der Waals surface area contributed by atoms with E-state index in [9.17, 15) is 9.90 Å². The molecule has 0 spiro atoms. The standard InChI is InChI=1S/C15H16BrN3O2/c1-15(21)6-2-3-12(15)19-14(20)11-5-4-9-7-17-8-10(16)13(9)18-11/h4-5,7-8,12,21H,2-3,6H2,1H3,(H,19,20). The van der Waals surface area contributed by atoms with Crippen LogP contribution in [0.15, 0.2) is 29.0 Å². The molecule has 6 heteroatoms. The second-order valence-electron chi connectivity index (χ2n) is 5.66. The van der Waals surface area contributed by atoms with Crippen LogP contribution in [0, 0.1) is 0 Å². The lowest BCUT2D eigenvalue weighted by Gasteiger charge is -2.26. The minimum absolute atomic E-state index is 0.219. The Bertz CT molecular complexity index is 702. The van der Waals surface area contributed by atoms with Gasteiger partial charge in [-0.25, -0.2) is 4.98 Å². The summed E-state index contributed by atoms with van der Waals surface area (Å²) in [5.41, 5.74) is 0.213. The number of hydrogen-bond donors (Lipinski definition) is 2. The lowest BCUT2D eigenvalue weighted by molar-refractivity contribution is 0.0367. The summed E-state index contributed by atoms with van der Waals surface area (Å²) in [5.74, 6) is -0.257. The lowest BCUT2D eigenvalue weighted by Crippen LogP contribution is -2.47. The number of hydrogen-bond acceptors (Lipinski definition) is 4. The van der Waals surface area contributed by atoms with Gasteiger partial charge in [-0.15, -0.1) is 0 Å². The van der Waals surface area contributed by atoms with E-state index >= 15 is 0 Å². The normalized spacial score (nSPS) is 25.2. The van der Waals surface area contributed by atoms with Crippen molar-refractivity contribution in [3.05, 3.63) is 34.7 Å². The Morgan fingerprint density at radius 3 is 3.00 bits per heavy atom. The quantitative estimate of drug-likeness (QED) is 0.872. The minimum atomic E-state index is -0.836. The fraction of sp³-hybridized carbons (Fsp3) is 0.400. The SMILES string of the molecule is CC1(O)CCCC1NC(=O)c1ccc2cncc(Br)c2n1. The molecule has 21 heavy (non-hydrogen) atoms. The number of nitrogens with one attached hydrogen (secondary N) is 1. The van der Waals surface area contributed by atoms with Crippen LogP contribution in [-0.2, 0) is 0 Å². The van der Waals surface area contributed by atoms with Crippen molar-refractivity contribution < 1.29 is 9.90 Å². The molecule has 1 aliphatic carbocycles. The largest absolute Gasteiger partial charge is 0.388 e. The topological polar surface area (TPSA) is 75.1 Å². The molecule has 2 unspecified atom stereocenters. The molecule has 1 aliphatic rings. The predicted molar refractivity (Wildman–Crippen MR) is 83.0 cm³/mol. The molecule has 0 saturated heterocycles. The first kappa shape index (κ1) is 14.4. The number of pyridine rings is 2. The van der Waals surface area contributed by atoms with Crippen LogP contribution in [0.2, 0.25) is 0 Å². The average molecular weight is 350 g/mol. The molecule has 1 fully saturated rings. The van der Waals surface area contributed by atoms with Crippen molar-refractivity contribution in [3.8, 4) is 0 Å². The van der Waals surface area contributed by atoms with E-state index in [0.29, 0.717) is 17.6 Å². The molecular formula is C15H16BrN3O2. The van der Waals surface area contributed by atoms with Gasteiger partial charge in [0, 0.05) is 17.8 Å². The second kappa shape index (κ2) is 5.35. The number of amides is 1. The third-order valence-electron chi connectivity index (χ3n) is 4.02. The Morgan fingerprint density at radius 2 is 2.29 bits per heavy atom. The van der Waals surface area contributed by atoms with Crippen LogP contribution in [0.5, 0.6) is 0 Å². The van der Waals surface area contributed by atoms with Crippen LogP contribution in [0.3, 0.4) is 0 Å². The molecule has 3 rings (SSSR count). The van der Waals surface area contributed by atoms with Crippen molar-refractivity contribution in [1.82, 2.24) is 15.3 Å². The summed E-state index contributed by atoms with van der Waals surface area (Å²) in [4.78, 5) is 20.8. The predicted octanol–water partition coefficient (Wildman–Crippen LogP) is 2.43. The maximum Gasteiger partial charge on any atom is 0.270 e. The van der Waals surface area contributed by atoms with Crippen molar-refractivity contribution in [3.63, 3.8) is 0 Å². The van der Waals surface area contributed by atoms with Crippen LogP contribution in [0.4, 0.5) is 0 Å². The van der Waals surface area contributed by atoms with E-state index < -0.39 is 5.60 Å². The van der Waals surface area contributed by atoms with Gasteiger partial charge < -0.3 is 10.4 Å². The number of carbonyl (C=O) groups excluding carboxylic acids is 1. The number of aromatic nitrogens is 2. The Kier molecular flexibility index (Phi) is 3.67. The molecule has 2 heterocycles. The summed E-state index contributed by atoms with van der Waals surface area (Å²) in [6.45, 7) is 1.76. The average Bonchev–Trinajstić information content (AvgIpc) is 2.78. The summed E-state index contributed by atoms with van der Waals surface area (Å²) < 4.78 is 0.752. The smallest absolute Gasteiger partial charge is 0.270 e. The van der Waals surface area contributed by atoms with E-state index in [0.717, 1.165) is 22.7 Å². The van der Waals surface area contributed by atoms with E-state index in [1.807, 2.05) is 6.07 Å². The number of fused-ring (bicyclic) bond motifs is 1. The number of rotatable bonds is 2. The zero-order valence-electron chi connectivity index (χ0n) is 11.6. The van der Waals surface area contributed by atoms with E-state index in [1.165, 1.54) is 0 Å². The van der Waals surface area contributed by atoms with Gasteiger partial charge in [0.2, 0.25) is 0 Å². The van der Waals surface area contributed by atoms with Gasteiger partial charge in [0.1, 0.15) is 5.69 Å². The van der Waals surface area contributed by atoms with Crippen molar-refractivity contribution in [2.45, 2.75) is 37.8 Å². The maximum atomic E-state index is 12.3. The Balaban J connectivity index is 1.86. The zero-order chi connectivity index (χ0) is 15.0. The zero-order valence-corrected chi connectivity index (χ0v) is 13.2. The fourth-order valence-electron chi connectivity index (χ4n) is 2.75. The molecule has 2 aromatic rings. The molecular weight excluding hydrogens is 334 g/mol. The number of aliphatic hydroxyl groups is 1. The summed E-state index contributed by atoms with van der Waals surface area (Å²) in [7, 11) is 0. The third-order valence-corrected chi connectivity index (χ3v) is 4.60. The van der Waals surface area contributed by atoms with Crippen molar-refractivity contribution >= 4 is 32.7 Å². The maximum absolute atomic E-state index is 12.3. The highest BCUT2D eigenvalue weighted by Crippen LogP contribution is 2.29. The van der Waals surface area contributed by atoms with Crippen LogP contribution in [-0.4, -0.2) is 32.6 Å². The molecule has 0 aliphatic heterocycles. The van der Waals surface area contributed by atoms with Gasteiger partial charge in [-0.2, -0.15) is 0 Å². The van der Waals surface area contributed by atoms with Gasteiger partial charge in [0.15, 0.2) is 0 Å². The molecule has 2 aromatic heterocycles. The summed E-state index contributed by atoms with van der Waals surface area (Å²) in [6, 6.07) is 3.28. The van der Waals surface area contributed by atoms with Crippen LogP contribution >= 0.6 is 15.9 Å². The number of carbonyl (C=O) groups is 1. The number of halogens is 1. The Hall–Kier alpha value is -1.53. The molecule has 0 aromatic carbocycles. The highest BCUT2D eigenvalue weighted by molar-refractivity contribution is 9.10. The molecule has 1 saturated carbocycles. The van der Waals surface area contributed by atoms with Gasteiger partial charge >= 0.3 is 0 Å². The van der Waals surface area contributed by atoms with Gasteiger partial charge in [-0.3, -0.25) is 9.78 Å². The molecule has 110 valence electrons. The van der Waals surface area contributed by atoms with Crippen LogP contribution in [0.25, 0.3) is 10.9 Å². The Morgan fingerprint density at radius 1 is 1.48 bits per heavy atom. The first-order chi connectivity index (χ1) is 9.97. The summed E-state index contributed by atoms with van der Waals surface area (Å²) in [6.07, 6.45) is 5.77. The highest BCUT2D eigenvalue weighted by Gasteiger charge is 2.37. The van der Waals surface area contributed by atoms with Crippen molar-refractivity contribution in [1.29, 1.82) is 0 Å². The van der Waals surface area contributed by atoms with Gasteiger partial charge in [-0.1, -0.05) is 0 Å². The third kappa shape index (κ3) is 2.78. The monoisotopic (exact) mass is 349 g/mol. The summed E-state index contributed by atoms with van der Waals surface area (Å²) >= 11 is 3.39. The van der Waals surface area contributed by atoms with Crippen molar-refractivity contribution in [2.24, 2.45) is 0 Å². The first-order valence-corrected chi connectivity index (χ1v) is 7.70. The molecule has 5 nitrogen and oxygen atoms in total. The Labute approximate surface area is 130 Å². The molecule has 2 atom stereocenters. The van der Waals surface area contributed by atoms with Crippen LogP contribution in [0.1, 0.15) is 36.7 Å². The van der Waals surface area contributed by atoms with Crippen molar-refractivity contribution in [2.75, 3.05) is 0 Å². The second-order valence-corrected chi connectivity index (χ2v) is 6.52. The van der Waals surface area contributed by atoms with Gasteiger partial charge in [0.25, 0.3) is 5.91 Å². The molecule has 0 bridgehead atoms. The lowest BCUT2D eigenvalue weighted by atomic mass is 10.0. The number of nitrogens with zero attached hydrogens (tertiary/aromatic N) is 2. The van der Waals surface area contributed by atoms with E-state index in [4.69, 9.17) is 0 Å². The molecule has 1 amide bonds. The van der Waals surface area contributed by atoms with E-state index in [2.05, 4.69) is 31.2 Å². The van der Waals surface area contributed by atoms with Gasteiger partial charge in [0.05, 0.1) is 21.6 Å². The summed E-state index contributed by atoms with van der Waals surface area (Å²) in [5, 5.41) is 14.0. The molecule has 2 N–H and O–H groups in total.